The van der Waals surface area contributed by atoms with Gasteiger partial charge in [-0.3, -0.25) is 0 Å². The van der Waals surface area contributed by atoms with Gasteiger partial charge in [0.05, 0.1) is 0 Å². The highest BCUT2D eigenvalue weighted by molar-refractivity contribution is 5.44. The molecule has 0 heterocycles. The quantitative estimate of drug-likeness (QED) is 0.272. The molecular weight excluding hydrogens is 300 g/mol. The average Bonchev–Trinajstić information content (AvgIpc) is 2.66. The summed E-state index contributed by atoms with van der Waals surface area (Å²) in [5, 5.41) is 0. The lowest BCUT2D eigenvalue weighted by atomic mass is 10.0. The van der Waals surface area contributed by atoms with Crippen LogP contribution in [0.5, 0.6) is 0 Å². The van der Waals surface area contributed by atoms with Gasteiger partial charge in [-0.25, -0.2) is 0 Å². The number of hydrogen-bond donors (Lipinski definition) is 0. The van der Waals surface area contributed by atoms with Gasteiger partial charge in [-0.05, 0) is 61.1 Å². The molecule has 0 spiro atoms. The third-order valence-corrected chi connectivity index (χ3v) is 4.47. The molecule has 0 unspecified atom stereocenters. The number of aryl methyl sites for hydroxylation is 2. The number of unbranched alkanes of at least 4 members (excludes halogenated alkanes) is 4. The second-order valence-corrected chi connectivity index (χ2v) is 6.64. The Bertz CT molecular complexity index is 678. The van der Waals surface area contributed by atoms with E-state index in [0.29, 0.717) is 0 Å². The molecule has 0 heteroatoms. The number of rotatable bonds is 9. The molecule has 0 aliphatic rings. The van der Waals surface area contributed by atoms with Crippen LogP contribution in [0.15, 0.2) is 61.2 Å². The van der Waals surface area contributed by atoms with Gasteiger partial charge >= 0.3 is 0 Å². The van der Waals surface area contributed by atoms with Crippen molar-refractivity contribution in [3.63, 3.8) is 0 Å². The van der Waals surface area contributed by atoms with E-state index in [-0.39, 0.29) is 0 Å². The van der Waals surface area contributed by atoms with Crippen molar-refractivity contribution < 1.29 is 0 Å². The Morgan fingerprint density at radius 1 is 0.720 bits per heavy atom. The smallest absolute Gasteiger partial charge is 0.0249 e. The summed E-state index contributed by atoms with van der Waals surface area (Å²) in [6.07, 6.45) is 11.9. The molecule has 0 nitrogen and oxygen atoms in total. The van der Waals surface area contributed by atoms with Crippen molar-refractivity contribution in [1.82, 2.24) is 0 Å². The summed E-state index contributed by atoms with van der Waals surface area (Å²) < 4.78 is 0. The first kappa shape index (κ1) is 19.1. The van der Waals surface area contributed by atoms with Crippen LogP contribution >= 0.6 is 0 Å². The molecule has 0 bridgehead atoms. The summed E-state index contributed by atoms with van der Waals surface area (Å²) in [6, 6.07) is 17.3. The van der Waals surface area contributed by atoms with E-state index in [1.54, 1.807) is 0 Å². The van der Waals surface area contributed by atoms with Crippen molar-refractivity contribution in [2.75, 3.05) is 0 Å². The lowest BCUT2D eigenvalue weighted by Crippen LogP contribution is -1.87. The van der Waals surface area contributed by atoms with Gasteiger partial charge in [-0.1, -0.05) is 74.8 Å². The topological polar surface area (TPSA) is 0 Å². The molecule has 0 aliphatic heterocycles. The van der Waals surface area contributed by atoms with Crippen LogP contribution in [-0.4, -0.2) is 0 Å². The zero-order valence-electron chi connectivity index (χ0n) is 15.6. The average molecular weight is 331 g/mol. The third-order valence-electron chi connectivity index (χ3n) is 4.47. The highest BCUT2D eigenvalue weighted by atomic mass is 14.0. The fraction of sp³-hybridized carbons (Fsp3) is 0.360. The van der Waals surface area contributed by atoms with Gasteiger partial charge in [0.1, 0.15) is 0 Å². The van der Waals surface area contributed by atoms with E-state index in [1.807, 2.05) is 6.08 Å². The minimum atomic E-state index is 1.02. The van der Waals surface area contributed by atoms with Crippen LogP contribution in [0.2, 0.25) is 0 Å². The summed E-state index contributed by atoms with van der Waals surface area (Å²) in [5.74, 6) is 6.53. The monoisotopic (exact) mass is 330 g/mol. The molecule has 130 valence electrons. The third kappa shape index (κ3) is 7.44. The van der Waals surface area contributed by atoms with E-state index in [9.17, 15) is 0 Å². The van der Waals surface area contributed by atoms with Crippen molar-refractivity contribution in [2.45, 2.75) is 58.3 Å². The Hall–Kier alpha value is -2.26. The molecule has 0 saturated heterocycles. The minimum absolute atomic E-state index is 1.02. The first-order valence-corrected chi connectivity index (χ1v) is 9.62. The molecule has 0 N–H and O–H groups in total. The van der Waals surface area contributed by atoms with Crippen LogP contribution in [0.25, 0.3) is 0 Å². The Kier molecular flexibility index (Phi) is 8.64. The minimum Gasteiger partial charge on any atom is -0.103 e. The fourth-order valence-corrected chi connectivity index (χ4v) is 2.86. The maximum absolute atomic E-state index is 3.77. The van der Waals surface area contributed by atoms with Crippen LogP contribution in [0.4, 0.5) is 0 Å². The number of benzene rings is 2. The first-order chi connectivity index (χ1) is 12.3. The maximum Gasteiger partial charge on any atom is 0.0249 e. The molecule has 0 atom stereocenters. The van der Waals surface area contributed by atoms with Crippen molar-refractivity contribution in [2.24, 2.45) is 0 Å². The lowest BCUT2D eigenvalue weighted by molar-refractivity contribution is 0.632. The maximum atomic E-state index is 3.77. The molecule has 0 amide bonds. The van der Waals surface area contributed by atoms with E-state index >= 15 is 0 Å². The van der Waals surface area contributed by atoms with Crippen LogP contribution in [0.3, 0.4) is 0 Å². The van der Waals surface area contributed by atoms with Gasteiger partial charge in [0.25, 0.3) is 0 Å². The second kappa shape index (κ2) is 11.3. The van der Waals surface area contributed by atoms with Crippen molar-refractivity contribution >= 4 is 0 Å². The number of hydrogen-bond acceptors (Lipinski definition) is 0. The predicted molar refractivity (Wildman–Crippen MR) is 110 cm³/mol. The van der Waals surface area contributed by atoms with Gasteiger partial charge in [0.2, 0.25) is 0 Å². The van der Waals surface area contributed by atoms with Gasteiger partial charge in [0, 0.05) is 11.1 Å². The zero-order valence-corrected chi connectivity index (χ0v) is 15.6. The Morgan fingerprint density at radius 2 is 1.24 bits per heavy atom. The molecule has 0 saturated carbocycles. The second-order valence-electron chi connectivity index (χ2n) is 6.64. The normalized spacial score (nSPS) is 10.1. The van der Waals surface area contributed by atoms with E-state index in [1.165, 1.54) is 49.7 Å². The molecule has 0 aromatic heterocycles. The highest BCUT2D eigenvalue weighted by Crippen LogP contribution is 2.11. The summed E-state index contributed by atoms with van der Waals surface area (Å²) in [5.41, 5.74) is 4.93. The molecule has 2 aromatic rings. The first-order valence-electron chi connectivity index (χ1n) is 9.62. The van der Waals surface area contributed by atoms with E-state index in [0.717, 1.165) is 24.0 Å². The number of allylic oxidation sites excluding steroid dienone is 1. The van der Waals surface area contributed by atoms with Crippen molar-refractivity contribution in [3.05, 3.63) is 83.4 Å². The van der Waals surface area contributed by atoms with Crippen molar-refractivity contribution in [3.8, 4) is 11.8 Å². The van der Waals surface area contributed by atoms with E-state index in [2.05, 4.69) is 73.9 Å². The standard InChI is InChI=1S/C25H30/c1-3-5-7-8-9-11-23-14-18-25(19-15-23)21-20-24-16-12-22(13-17-24)10-6-4-2/h4,12-19H,2-3,5-11H2,1H3. The van der Waals surface area contributed by atoms with Crippen LogP contribution in [0, 0.1) is 11.8 Å². The molecule has 0 aliphatic carbocycles. The highest BCUT2D eigenvalue weighted by Gasteiger charge is 1.95. The van der Waals surface area contributed by atoms with Crippen LogP contribution in [-0.2, 0) is 12.8 Å². The molecule has 25 heavy (non-hydrogen) atoms. The molecule has 2 rings (SSSR count). The molecular formula is C25H30. The fourth-order valence-electron chi connectivity index (χ4n) is 2.86. The van der Waals surface area contributed by atoms with Gasteiger partial charge < -0.3 is 0 Å². The SMILES string of the molecule is C=CCCc1ccc(C#Cc2ccc(CCCCCCC)cc2)cc1. The predicted octanol–water partition coefficient (Wildman–Crippen LogP) is 6.72. The van der Waals surface area contributed by atoms with Crippen LogP contribution in [0.1, 0.15) is 67.7 Å². The molecule has 2 aromatic carbocycles. The van der Waals surface area contributed by atoms with Crippen LogP contribution < -0.4 is 0 Å². The summed E-state index contributed by atoms with van der Waals surface area (Å²) in [4.78, 5) is 0. The largest absolute Gasteiger partial charge is 0.103 e. The lowest BCUT2D eigenvalue weighted by Gasteiger charge is -2.02. The summed E-state index contributed by atoms with van der Waals surface area (Å²) in [6.45, 7) is 6.03. The zero-order chi connectivity index (χ0) is 17.7. The van der Waals surface area contributed by atoms with Crippen molar-refractivity contribution in [1.29, 1.82) is 0 Å². The van der Waals surface area contributed by atoms with Gasteiger partial charge in [0.15, 0.2) is 0 Å². The summed E-state index contributed by atoms with van der Waals surface area (Å²) >= 11 is 0. The van der Waals surface area contributed by atoms with E-state index < -0.39 is 0 Å². The van der Waals surface area contributed by atoms with Gasteiger partial charge in [-0.15, -0.1) is 6.58 Å². The molecule has 0 radical (unpaired) electrons. The molecule has 0 fully saturated rings. The Morgan fingerprint density at radius 3 is 1.76 bits per heavy atom. The van der Waals surface area contributed by atoms with E-state index in [4.69, 9.17) is 0 Å². The Labute approximate surface area is 154 Å². The Balaban J connectivity index is 1.84. The van der Waals surface area contributed by atoms with Gasteiger partial charge in [-0.2, -0.15) is 0 Å². The summed E-state index contributed by atoms with van der Waals surface area (Å²) in [7, 11) is 0.